The molecule has 2 atom stereocenters. The van der Waals surface area contributed by atoms with E-state index in [0.717, 1.165) is 49.7 Å². The molecule has 1 aliphatic rings. The van der Waals surface area contributed by atoms with E-state index in [0.29, 0.717) is 24.3 Å². The topological polar surface area (TPSA) is 107 Å². The van der Waals surface area contributed by atoms with Gasteiger partial charge < -0.3 is 25.2 Å². The van der Waals surface area contributed by atoms with Gasteiger partial charge in [0.05, 0.1) is 6.61 Å². The van der Waals surface area contributed by atoms with Crippen LogP contribution in [-0.4, -0.2) is 44.2 Å². The van der Waals surface area contributed by atoms with E-state index in [1.54, 1.807) is 26.0 Å². The van der Waals surface area contributed by atoms with E-state index < -0.39 is 17.2 Å². The van der Waals surface area contributed by atoms with Crippen LogP contribution >= 0.6 is 0 Å². The Morgan fingerprint density at radius 1 is 1.06 bits per heavy atom. The average molecular weight is 433 g/mol. The second-order valence-electron chi connectivity index (χ2n) is 8.71. The lowest BCUT2D eigenvalue weighted by molar-refractivity contribution is -0.0783. The van der Waals surface area contributed by atoms with Crippen LogP contribution in [0.5, 0.6) is 11.5 Å². The number of carboxylic acids is 1. The van der Waals surface area contributed by atoms with Crippen LogP contribution in [0.25, 0.3) is 0 Å². The number of unbranched alkanes of at least 4 members (excludes halogenated alkanes) is 3. The van der Waals surface area contributed by atoms with Gasteiger partial charge in [-0.3, -0.25) is 0 Å². The van der Waals surface area contributed by atoms with Crippen LogP contribution in [0.3, 0.4) is 0 Å². The van der Waals surface area contributed by atoms with Crippen LogP contribution < -0.4 is 4.74 Å². The zero-order valence-corrected chi connectivity index (χ0v) is 19.1. The zero-order chi connectivity index (χ0) is 23.2. The number of aromatic carboxylic acids is 1. The number of carboxylic acid groups (broad SMARTS) is 1. The lowest BCUT2D eigenvalue weighted by Crippen LogP contribution is -2.51. The van der Waals surface area contributed by atoms with Gasteiger partial charge in [0.15, 0.2) is 0 Å². The monoisotopic (exact) mass is 432 g/mol. The number of hydrogen-bond donors (Lipinski definition) is 4. The van der Waals surface area contributed by atoms with Gasteiger partial charge in [-0.25, -0.2) is 4.79 Å². The summed E-state index contributed by atoms with van der Waals surface area (Å²) in [5.74, 6) is -0.803. The van der Waals surface area contributed by atoms with Gasteiger partial charge in [-0.05, 0) is 75.8 Å². The molecule has 1 aliphatic carbocycles. The predicted octanol–water partition coefficient (Wildman–Crippen LogP) is 4.76. The molecule has 172 valence electrons. The Labute approximate surface area is 184 Å². The molecule has 0 saturated heterocycles. The van der Waals surface area contributed by atoms with Crippen molar-refractivity contribution >= 4 is 5.97 Å². The summed E-state index contributed by atoms with van der Waals surface area (Å²) in [6.07, 6.45) is 9.59. The Kier molecular flexibility index (Phi) is 8.32. The largest absolute Gasteiger partial charge is 0.507 e. The number of allylic oxidation sites excluding steroid dienone is 2. The van der Waals surface area contributed by atoms with Crippen molar-refractivity contribution in [1.29, 1.82) is 0 Å². The molecule has 6 heteroatoms. The van der Waals surface area contributed by atoms with Crippen LogP contribution in [0, 0.1) is 0 Å². The molecule has 1 aromatic rings. The maximum atomic E-state index is 11.2. The highest BCUT2D eigenvalue weighted by atomic mass is 16.5. The molecule has 4 N–H and O–H groups in total. The number of phenols is 1. The standard InChI is InChI=1S/C25H36O6/c1-5-10-19-21(13-12-20(22(19)26)23(27)28)31-16-9-7-6-8-11-18-14-15-24(3,29)25(4,30)17(18)2/h12-15,26,29-30H,5-11,16H2,1-4H3,(H,27,28). The number of aromatic hydroxyl groups is 1. The number of hydrogen-bond acceptors (Lipinski definition) is 5. The zero-order valence-electron chi connectivity index (χ0n) is 19.1. The minimum atomic E-state index is -1.26. The normalized spacial score (nSPS) is 23.3. The fourth-order valence-electron chi connectivity index (χ4n) is 3.88. The minimum Gasteiger partial charge on any atom is -0.507 e. The van der Waals surface area contributed by atoms with Gasteiger partial charge in [-0.1, -0.05) is 32.3 Å². The third-order valence-corrected chi connectivity index (χ3v) is 6.37. The summed E-state index contributed by atoms with van der Waals surface area (Å²) in [7, 11) is 0. The molecule has 0 heterocycles. The highest BCUT2D eigenvalue weighted by Crippen LogP contribution is 2.38. The molecular formula is C25H36O6. The number of aliphatic hydroxyl groups is 2. The van der Waals surface area contributed by atoms with Crippen molar-refractivity contribution in [3.05, 3.63) is 46.6 Å². The summed E-state index contributed by atoms with van der Waals surface area (Å²) in [6, 6.07) is 3.01. The van der Waals surface area contributed by atoms with Crippen molar-refractivity contribution < 1.29 is 30.0 Å². The average Bonchev–Trinajstić information content (AvgIpc) is 2.69. The van der Waals surface area contributed by atoms with Gasteiger partial charge in [-0.15, -0.1) is 0 Å². The summed E-state index contributed by atoms with van der Waals surface area (Å²) < 4.78 is 5.83. The van der Waals surface area contributed by atoms with Crippen molar-refractivity contribution in [2.75, 3.05) is 6.61 Å². The Hall–Kier alpha value is -2.31. The van der Waals surface area contributed by atoms with Crippen LogP contribution in [0.4, 0.5) is 0 Å². The molecule has 2 rings (SSSR count). The molecule has 0 spiro atoms. The molecule has 31 heavy (non-hydrogen) atoms. The second kappa shape index (κ2) is 10.3. The van der Waals surface area contributed by atoms with Crippen molar-refractivity contribution in [2.45, 2.75) is 83.8 Å². The summed E-state index contributed by atoms with van der Waals surface area (Å²) in [6.45, 7) is 7.61. The molecule has 0 amide bonds. The quantitative estimate of drug-likeness (QED) is 0.376. The molecule has 0 radical (unpaired) electrons. The molecule has 1 aromatic carbocycles. The minimum absolute atomic E-state index is 0.0994. The molecule has 2 unspecified atom stereocenters. The first kappa shape index (κ1) is 25.0. The Morgan fingerprint density at radius 2 is 1.74 bits per heavy atom. The fraction of sp³-hybridized carbons (Fsp3) is 0.560. The lowest BCUT2D eigenvalue weighted by Gasteiger charge is -2.41. The molecule has 0 aliphatic heterocycles. The summed E-state index contributed by atoms with van der Waals surface area (Å²) in [5, 5.41) is 40.4. The third-order valence-electron chi connectivity index (χ3n) is 6.37. The molecule has 6 nitrogen and oxygen atoms in total. The Bertz CT molecular complexity index is 848. The van der Waals surface area contributed by atoms with E-state index in [1.165, 1.54) is 6.07 Å². The van der Waals surface area contributed by atoms with Crippen LogP contribution in [-0.2, 0) is 6.42 Å². The predicted molar refractivity (Wildman–Crippen MR) is 121 cm³/mol. The fourth-order valence-corrected chi connectivity index (χ4v) is 3.88. The molecular weight excluding hydrogens is 396 g/mol. The van der Waals surface area contributed by atoms with Crippen molar-refractivity contribution in [3.63, 3.8) is 0 Å². The molecule has 0 bridgehead atoms. The van der Waals surface area contributed by atoms with Gasteiger partial charge >= 0.3 is 5.97 Å². The summed E-state index contributed by atoms with van der Waals surface area (Å²) >= 11 is 0. The van der Waals surface area contributed by atoms with Crippen molar-refractivity contribution in [1.82, 2.24) is 0 Å². The first-order valence-electron chi connectivity index (χ1n) is 11.1. The van der Waals surface area contributed by atoms with E-state index in [2.05, 4.69) is 0 Å². The van der Waals surface area contributed by atoms with Gasteiger partial charge in [-0.2, -0.15) is 0 Å². The smallest absolute Gasteiger partial charge is 0.339 e. The van der Waals surface area contributed by atoms with Gasteiger partial charge in [0.1, 0.15) is 28.3 Å². The van der Waals surface area contributed by atoms with Gasteiger partial charge in [0, 0.05) is 5.56 Å². The van der Waals surface area contributed by atoms with Crippen LogP contribution in [0.15, 0.2) is 35.4 Å². The van der Waals surface area contributed by atoms with Crippen LogP contribution in [0.2, 0.25) is 0 Å². The number of ether oxygens (including phenoxy) is 1. The van der Waals surface area contributed by atoms with E-state index in [4.69, 9.17) is 4.74 Å². The van der Waals surface area contributed by atoms with Gasteiger partial charge in [0.25, 0.3) is 0 Å². The van der Waals surface area contributed by atoms with E-state index in [1.807, 2.05) is 19.9 Å². The Morgan fingerprint density at radius 3 is 2.39 bits per heavy atom. The van der Waals surface area contributed by atoms with Gasteiger partial charge in [0.2, 0.25) is 0 Å². The number of carbonyl (C=O) groups is 1. The van der Waals surface area contributed by atoms with Crippen LogP contribution in [0.1, 0.15) is 82.1 Å². The summed E-state index contributed by atoms with van der Waals surface area (Å²) in [4.78, 5) is 11.2. The third kappa shape index (κ3) is 5.69. The highest BCUT2D eigenvalue weighted by molar-refractivity contribution is 5.91. The Balaban J connectivity index is 1.80. The van der Waals surface area contributed by atoms with E-state index >= 15 is 0 Å². The van der Waals surface area contributed by atoms with E-state index in [9.17, 15) is 25.2 Å². The first-order chi connectivity index (χ1) is 14.5. The molecule has 0 fully saturated rings. The number of benzene rings is 1. The van der Waals surface area contributed by atoms with Crippen molar-refractivity contribution in [3.8, 4) is 11.5 Å². The number of rotatable bonds is 11. The molecule has 0 aromatic heterocycles. The summed E-state index contributed by atoms with van der Waals surface area (Å²) in [5.41, 5.74) is -0.175. The second-order valence-corrected chi connectivity index (χ2v) is 8.71. The van der Waals surface area contributed by atoms with E-state index in [-0.39, 0.29) is 11.3 Å². The maximum absolute atomic E-state index is 11.2. The lowest BCUT2D eigenvalue weighted by atomic mass is 9.74. The first-order valence-corrected chi connectivity index (χ1v) is 11.1. The van der Waals surface area contributed by atoms with Crippen molar-refractivity contribution in [2.24, 2.45) is 0 Å². The maximum Gasteiger partial charge on any atom is 0.339 e. The SMILES string of the molecule is CCCc1c(OCCCCCCC2=C(C)C(C)(O)C(C)(O)C=C2)ccc(C(=O)O)c1O. The highest BCUT2D eigenvalue weighted by Gasteiger charge is 2.43. The molecule has 0 saturated carbocycles.